The molecule has 0 radical (unpaired) electrons. The van der Waals surface area contributed by atoms with E-state index in [-0.39, 0.29) is 0 Å². The second-order valence-electron chi connectivity index (χ2n) is 4.44. The molecule has 0 saturated carbocycles. The minimum Gasteiger partial charge on any atom is -0.497 e. The smallest absolute Gasteiger partial charge is 0.426 e. The Morgan fingerprint density at radius 1 is 0.917 bits per heavy atom. The highest BCUT2D eigenvalue weighted by atomic mass is 19.3. The van der Waals surface area contributed by atoms with Crippen LogP contribution in [0.2, 0.25) is 0 Å². The molecule has 2 rings (SSSR count). The molecule has 24 heavy (non-hydrogen) atoms. The molecule has 0 aliphatic heterocycles. The van der Waals surface area contributed by atoms with Crippen molar-refractivity contribution in [1.29, 1.82) is 0 Å². The number of alkyl halides is 4. The first-order valence-electron chi connectivity index (χ1n) is 6.38. The van der Waals surface area contributed by atoms with Gasteiger partial charge in [0.25, 0.3) is 0 Å². The van der Waals surface area contributed by atoms with Crippen molar-refractivity contribution in [2.24, 2.45) is 0 Å². The van der Waals surface area contributed by atoms with Gasteiger partial charge in [0.2, 0.25) is 0 Å². The quantitative estimate of drug-likeness (QED) is 0.705. The lowest BCUT2D eigenvalue weighted by Crippen LogP contribution is -2.22. The van der Waals surface area contributed by atoms with Gasteiger partial charge in [-0.3, -0.25) is 0 Å². The molecule has 3 nitrogen and oxygen atoms in total. The first-order chi connectivity index (χ1) is 11.2. The highest BCUT2D eigenvalue weighted by Crippen LogP contribution is 2.35. The highest BCUT2D eigenvalue weighted by Gasteiger charge is 2.35. The van der Waals surface area contributed by atoms with Crippen LogP contribution in [-0.2, 0) is 6.11 Å². The van der Waals surface area contributed by atoms with Crippen molar-refractivity contribution >= 4 is 0 Å². The zero-order valence-corrected chi connectivity index (χ0v) is 12.0. The van der Waals surface area contributed by atoms with Crippen LogP contribution >= 0.6 is 0 Å². The van der Waals surface area contributed by atoms with Gasteiger partial charge in [-0.15, -0.1) is 0 Å². The summed E-state index contributed by atoms with van der Waals surface area (Å²) in [6.45, 7) is -3.47. The number of benzene rings is 2. The Morgan fingerprint density at radius 2 is 1.46 bits per heavy atom. The van der Waals surface area contributed by atoms with Gasteiger partial charge in [0.1, 0.15) is 11.5 Å². The molecule has 0 aliphatic carbocycles. The average Bonchev–Trinajstić information content (AvgIpc) is 2.50. The van der Waals surface area contributed by atoms with Gasteiger partial charge < -0.3 is 14.2 Å². The summed E-state index contributed by atoms with van der Waals surface area (Å²) in [4.78, 5) is 0. The normalized spacial score (nSPS) is 11.5. The fraction of sp³-hybridized carbons (Fsp3) is 0.200. The Bertz CT molecular complexity index is 680. The van der Waals surface area contributed by atoms with Crippen LogP contribution in [0.15, 0.2) is 36.4 Å². The molecule has 0 heterocycles. The SMILES string of the molecule is COc1ccc(C(F)(F)Oc2cc(F)c(OC(F)F)c(F)c2)cc1. The molecule has 0 aromatic heterocycles. The number of methoxy groups -OCH3 is 1. The van der Waals surface area contributed by atoms with Gasteiger partial charge in [0.15, 0.2) is 17.4 Å². The Balaban J connectivity index is 2.25. The van der Waals surface area contributed by atoms with Crippen molar-refractivity contribution in [2.45, 2.75) is 12.7 Å². The maximum atomic E-state index is 14.0. The van der Waals surface area contributed by atoms with Gasteiger partial charge in [-0.1, -0.05) is 0 Å². The van der Waals surface area contributed by atoms with E-state index in [4.69, 9.17) is 4.74 Å². The summed E-state index contributed by atoms with van der Waals surface area (Å²) in [7, 11) is 1.35. The molecule has 2 aromatic carbocycles. The summed E-state index contributed by atoms with van der Waals surface area (Å²) in [6.07, 6.45) is -3.92. The fourth-order valence-electron chi connectivity index (χ4n) is 1.79. The van der Waals surface area contributed by atoms with E-state index in [2.05, 4.69) is 9.47 Å². The van der Waals surface area contributed by atoms with Crippen LogP contribution in [0.5, 0.6) is 17.2 Å². The summed E-state index contributed by atoms with van der Waals surface area (Å²) in [5, 5.41) is 0. The molecule has 0 saturated heterocycles. The second-order valence-corrected chi connectivity index (χ2v) is 4.44. The van der Waals surface area contributed by atoms with E-state index in [9.17, 15) is 26.3 Å². The van der Waals surface area contributed by atoms with Gasteiger partial charge in [-0.05, 0) is 24.3 Å². The van der Waals surface area contributed by atoms with Crippen LogP contribution in [0.1, 0.15) is 5.56 Å². The monoisotopic (exact) mass is 352 g/mol. The molecule has 0 bridgehead atoms. The van der Waals surface area contributed by atoms with E-state index in [1.165, 1.54) is 19.2 Å². The average molecular weight is 352 g/mol. The van der Waals surface area contributed by atoms with Gasteiger partial charge in [-0.2, -0.15) is 17.6 Å². The molecule has 130 valence electrons. The molecule has 9 heteroatoms. The predicted molar refractivity (Wildman–Crippen MR) is 70.5 cm³/mol. The Morgan fingerprint density at radius 3 is 1.92 bits per heavy atom. The fourth-order valence-corrected chi connectivity index (χ4v) is 1.79. The molecule has 2 aromatic rings. The lowest BCUT2D eigenvalue weighted by Gasteiger charge is -2.19. The summed E-state index contributed by atoms with van der Waals surface area (Å²) < 4.78 is 91.8. The first-order valence-corrected chi connectivity index (χ1v) is 6.38. The standard InChI is InChI=1S/C15H10F6O3/c1-22-9-4-2-8(3-5-9)15(20,21)24-10-6-11(16)13(12(17)7-10)23-14(18)19/h2-7,14H,1H3. The largest absolute Gasteiger partial charge is 0.497 e. The second kappa shape index (κ2) is 6.90. The van der Waals surface area contributed by atoms with Crippen molar-refractivity contribution in [3.8, 4) is 17.2 Å². The Labute approximate surface area is 132 Å². The van der Waals surface area contributed by atoms with E-state index in [0.717, 1.165) is 12.1 Å². The minimum atomic E-state index is -3.92. The van der Waals surface area contributed by atoms with Gasteiger partial charge in [-0.25, -0.2) is 8.78 Å². The predicted octanol–water partition coefficient (Wildman–Crippen LogP) is 4.70. The van der Waals surface area contributed by atoms with E-state index in [0.29, 0.717) is 17.9 Å². The van der Waals surface area contributed by atoms with E-state index in [1.54, 1.807) is 0 Å². The summed E-state index contributed by atoms with van der Waals surface area (Å²) in [5.41, 5.74) is -0.600. The molecule has 0 unspecified atom stereocenters. The maximum absolute atomic E-state index is 14.0. The first kappa shape index (κ1) is 17.8. The van der Waals surface area contributed by atoms with Gasteiger partial charge in [0.05, 0.1) is 12.7 Å². The minimum absolute atomic E-state index is 0.318. The van der Waals surface area contributed by atoms with Crippen molar-refractivity contribution in [3.63, 3.8) is 0 Å². The summed E-state index contributed by atoms with van der Waals surface area (Å²) in [6, 6.07) is 5.12. The Kier molecular flexibility index (Phi) is 5.10. The lowest BCUT2D eigenvalue weighted by molar-refractivity contribution is -0.185. The topological polar surface area (TPSA) is 27.7 Å². The third-order valence-corrected chi connectivity index (χ3v) is 2.85. The van der Waals surface area contributed by atoms with Gasteiger partial charge in [0, 0.05) is 12.1 Å². The van der Waals surface area contributed by atoms with E-state index < -0.39 is 41.4 Å². The molecule has 0 N–H and O–H groups in total. The van der Waals surface area contributed by atoms with Crippen LogP contribution in [-0.4, -0.2) is 13.7 Å². The van der Waals surface area contributed by atoms with Crippen LogP contribution in [0.25, 0.3) is 0 Å². The number of ether oxygens (including phenoxy) is 3. The maximum Gasteiger partial charge on any atom is 0.426 e. The lowest BCUT2D eigenvalue weighted by atomic mass is 10.2. The molecule has 0 atom stereocenters. The summed E-state index contributed by atoms with van der Waals surface area (Å²) in [5.74, 6) is -5.16. The molecule has 0 fully saturated rings. The van der Waals surface area contributed by atoms with Crippen molar-refractivity contribution in [1.82, 2.24) is 0 Å². The molecule has 0 spiro atoms. The van der Waals surface area contributed by atoms with Gasteiger partial charge >= 0.3 is 12.7 Å². The van der Waals surface area contributed by atoms with Crippen molar-refractivity contribution < 1.29 is 40.6 Å². The third kappa shape index (κ3) is 4.03. The van der Waals surface area contributed by atoms with Crippen molar-refractivity contribution in [3.05, 3.63) is 53.6 Å². The molecular formula is C15H10F6O3. The highest BCUT2D eigenvalue weighted by molar-refractivity contribution is 5.36. The van der Waals surface area contributed by atoms with Crippen LogP contribution < -0.4 is 14.2 Å². The summed E-state index contributed by atoms with van der Waals surface area (Å²) >= 11 is 0. The number of hydrogen-bond acceptors (Lipinski definition) is 3. The van der Waals surface area contributed by atoms with Crippen molar-refractivity contribution in [2.75, 3.05) is 7.11 Å². The Hall–Kier alpha value is -2.58. The molecular weight excluding hydrogens is 342 g/mol. The van der Waals surface area contributed by atoms with E-state index >= 15 is 0 Å². The zero-order valence-electron chi connectivity index (χ0n) is 12.0. The van der Waals surface area contributed by atoms with E-state index in [1.807, 2.05) is 0 Å². The number of halogens is 6. The number of hydrogen-bond donors (Lipinski definition) is 0. The third-order valence-electron chi connectivity index (χ3n) is 2.85. The van der Waals surface area contributed by atoms with Crippen LogP contribution in [0.3, 0.4) is 0 Å². The molecule has 0 aliphatic rings. The molecule has 0 amide bonds. The zero-order chi connectivity index (χ0) is 17.9. The van der Waals surface area contributed by atoms with Crippen LogP contribution in [0.4, 0.5) is 26.3 Å². The van der Waals surface area contributed by atoms with Crippen LogP contribution in [0, 0.1) is 11.6 Å². The number of rotatable bonds is 6.